The van der Waals surface area contributed by atoms with Gasteiger partial charge in [0.05, 0.1) is 0 Å². The maximum Gasteiger partial charge on any atom is 0.251 e. The molecule has 0 saturated heterocycles. The maximum atomic E-state index is 11.6. The van der Waals surface area contributed by atoms with Gasteiger partial charge in [0, 0.05) is 30.4 Å². The van der Waals surface area contributed by atoms with E-state index in [1.54, 1.807) is 7.05 Å². The lowest BCUT2D eigenvalue weighted by Crippen LogP contribution is -2.33. The van der Waals surface area contributed by atoms with Crippen LogP contribution in [0, 0.1) is 6.92 Å². The fourth-order valence-corrected chi connectivity index (χ4v) is 2.59. The van der Waals surface area contributed by atoms with Crippen molar-refractivity contribution in [3.63, 3.8) is 0 Å². The first kappa shape index (κ1) is 13.9. The lowest BCUT2D eigenvalue weighted by molar-refractivity contribution is 0.0963. The fraction of sp³-hybridized carbons (Fsp3) is 0.533. The zero-order chi connectivity index (χ0) is 13.8. The van der Waals surface area contributed by atoms with Crippen LogP contribution in [0.15, 0.2) is 18.2 Å². The quantitative estimate of drug-likeness (QED) is 0.780. The molecule has 1 aromatic carbocycles. The SMILES string of the molecule is CNC(=O)c1ccc(NC2CCC(N)CC2)c(C)c1. The summed E-state index contributed by atoms with van der Waals surface area (Å²) in [6.07, 6.45) is 4.43. The smallest absolute Gasteiger partial charge is 0.251 e. The van der Waals surface area contributed by atoms with Crippen molar-refractivity contribution in [1.82, 2.24) is 5.32 Å². The van der Waals surface area contributed by atoms with E-state index in [0.29, 0.717) is 17.6 Å². The van der Waals surface area contributed by atoms with Gasteiger partial charge in [0.25, 0.3) is 5.91 Å². The number of carbonyl (C=O) groups excluding carboxylic acids is 1. The molecule has 4 nitrogen and oxygen atoms in total. The van der Waals surface area contributed by atoms with Crippen LogP contribution in [0.25, 0.3) is 0 Å². The summed E-state index contributed by atoms with van der Waals surface area (Å²) in [7, 11) is 1.65. The number of hydrogen-bond donors (Lipinski definition) is 3. The van der Waals surface area contributed by atoms with Crippen LogP contribution in [-0.4, -0.2) is 25.0 Å². The van der Waals surface area contributed by atoms with Crippen molar-refractivity contribution < 1.29 is 4.79 Å². The van der Waals surface area contributed by atoms with Crippen LogP contribution in [-0.2, 0) is 0 Å². The van der Waals surface area contributed by atoms with Crippen LogP contribution in [0.1, 0.15) is 41.6 Å². The van der Waals surface area contributed by atoms with Gasteiger partial charge >= 0.3 is 0 Å². The van der Waals surface area contributed by atoms with E-state index in [4.69, 9.17) is 5.73 Å². The molecule has 0 aliphatic heterocycles. The van der Waals surface area contributed by atoms with E-state index in [1.165, 1.54) is 0 Å². The molecule has 0 radical (unpaired) electrons. The standard InChI is InChI=1S/C15H23N3O/c1-10-9-11(15(19)17-2)3-8-14(10)18-13-6-4-12(16)5-7-13/h3,8-9,12-13,18H,4-7,16H2,1-2H3,(H,17,19). The van der Waals surface area contributed by atoms with E-state index in [-0.39, 0.29) is 5.91 Å². The van der Waals surface area contributed by atoms with E-state index in [2.05, 4.69) is 10.6 Å². The van der Waals surface area contributed by atoms with Gasteiger partial charge in [0.1, 0.15) is 0 Å². The van der Waals surface area contributed by atoms with Gasteiger partial charge in [-0.1, -0.05) is 0 Å². The number of aryl methyl sites for hydroxylation is 1. The molecule has 4 N–H and O–H groups in total. The minimum Gasteiger partial charge on any atom is -0.382 e. The maximum absolute atomic E-state index is 11.6. The number of nitrogens with two attached hydrogens (primary N) is 1. The van der Waals surface area contributed by atoms with Gasteiger partial charge < -0.3 is 16.4 Å². The van der Waals surface area contributed by atoms with Gasteiger partial charge in [-0.15, -0.1) is 0 Å². The summed E-state index contributed by atoms with van der Waals surface area (Å²) in [6, 6.07) is 6.66. The predicted molar refractivity (Wildman–Crippen MR) is 78.4 cm³/mol. The van der Waals surface area contributed by atoms with Crippen molar-refractivity contribution in [2.45, 2.75) is 44.7 Å². The molecule has 0 heterocycles. The molecule has 2 rings (SSSR count). The Balaban J connectivity index is 2.03. The number of anilines is 1. The van der Waals surface area contributed by atoms with Crippen molar-refractivity contribution in [3.8, 4) is 0 Å². The van der Waals surface area contributed by atoms with Gasteiger partial charge in [0.15, 0.2) is 0 Å². The second-order valence-corrected chi connectivity index (χ2v) is 5.36. The Morgan fingerprint density at radius 2 is 1.95 bits per heavy atom. The van der Waals surface area contributed by atoms with Crippen LogP contribution in [0.5, 0.6) is 0 Å². The second kappa shape index (κ2) is 6.06. The van der Waals surface area contributed by atoms with E-state index >= 15 is 0 Å². The molecule has 4 heteroatoms. The molecule has 0 atom stereocenters. The van der Waals surface area contributed by atoms with Crippen LogP contribution >= 0.6 is 0 Å². The lowest BCUT2D eigenvalue weighted by Gasteiger charge is -2.28. The molecule has 0 aromatic heterocycles. The third-order valence-electron chi connectivity index (χ3n) is 3.85. The Morgan fingerprint density at radius 3 is 2.53 bits per heavy atom. The number of carbonyl (C=O) groups is 1. The van der Waals surface area contributed by atoms with Gasteiger partial charge in [0.2, 0.25) is 0 Å². The summed E-state index contributed by atoms with van der Waals surface area (Å²) < 4.78 is 0. The molecule has 0 unspecified atom stereocenters. The Hall–Kier alpha value is -1.55. The third kappa shape index (κ3) is 3.47. The largest absolute Gasteiger partial charge is 0.382 e. The molecular weight excluding hydrogens is 238 g/mol. The summed E-state index contributed by atoms with van der Waals surface area (Å²) in [4.78, 5) is 11.6. The Kier molecular flexibility index (Phi) is 4.43. The molecule has 1 fully saturated rings. The van der Waals surface area contributed by atoms with Gasteiger partial charge in [-0.25, -0.2) is 0 Å². The molecule has 1 aromatic rings. The summed E-state index contributed by atoms with van der Waals surface area (Å²) >= 11 is 0. The second-order valence-electron chi connectivity index (χ2n) is 5.36. The zero-order valence-corrected chi connectivity index (χ0v) is 11.7. The molecule has 1 aliphatic carbocycles. The first-order valence-corrected chi connectivity index (χ1v) is 6.95. The summed E-state index contributed by atoms with van der Waals surface area (Å²) in [5.41, 5.74) is 8.85. The van der Waals surface area contributed by atoms with Crippen LogP contribution < -0.4 is 16.4 Å². The van der Waals surface area contributed by atoms with Crippen LogP contribution in [0.2, 0.25) is 0 Å². The van der Waals surface area contributed by atoms with Crippen molar-refractivity contribution >= 4 is 11.6 Å². The van der Waals surface area contributed by atoms with Crippen molar-refractivity contribution in [2.75, 3.05) is 12.4 Å². The van der Waals surface area contributed by atoms with Crippen molar-refractivity contribution in [1.29, 1.82) is 0 Å². The monoisotopic (exact) mass is 261 g/mol. The number of amides is 1. The molecule has 1 amide bonds. The molecular formula is C15H23N3O. The summed E-state index contributed by atoms with van der Waals surface area (Å²) in [5, 5.41) is 6.21. The minimum atomic E-state index is -0.0433. The Bertz CT molecular complexity index is 451. The first-order chi connectivity index (χ1) is 9.10. The average molecular weight is 261 g/mol. The number of nitrogens with one attached hydrogen (secondary N) is 2. The van der Waals surface area contributed by atoms with E-state index in [0.717, 1.165) is 36.9 Å². The Labute approximate surface area is 114 Å². The number of hydrogen-bond acceptors (Lipinski definition) is 3. The molecule has 0 bridgehead atoms. The number of benzene rings is 1. The van der Waals surface area contributed by atoms with Crippen LogP contribution in [0.3, 0.4) is 0 Å². The first-order valence-electron chi connectivity index (χ1n) is 6.95. The van der Waals surface area contributed by atoms with E-state index < -0.39 is 0 Å². The van der Waals surface area contributed by atoms with Gasteiger partial charge in [-0.05, 0) is 56.4 Å². The van der Waals surface area contributed by atoms with Crippen molar-refractivity contribution in [3.05, 3.63) is 29.3 Å². The topological polar surface area (TPSA) is 67.2 Å². The summed E-state index contributed by atoms with van der Waals surface area (Å²) in [5.74, 6) is -0.0433. The normalized spacial score (nSPS) is 22.9. The highest BCUT2D eigenvalue weighted by Gasteiger charge is 2.18. The Morgan fingerprint density at radius 1 is 1.26 bits per heavy atom. The third-order valence-corrected chi connectivity index (χ3v) is 3.85. The average Bonchev–Trinajstić information content (AvgIpc) is 2.42. The highest BCUT2D eigenvalue weighted by atomic mass is 16.1. The van der Waals surface area contributed by atoms with Gasteiger partial charge in [-0.2, -0.15) is 0 Å². The molecule has 1 saturated carbocycles. The molecule has 0 spiro atoms. The lowest BCUT2D eigenvalue weighted by atomic mass is 9.91. The number of rotatable bonds is 3. The van der Waals surface area contributed by atoms with Gasteiger partial charge in [-0.3, -0.25) is 4.79 Å². The van der Waals surface area contributed by atoms with E-state index in [9.17, 15) is 4.79 Å². The molecule has 104 valence electrons. The van der Waals surface area contributed by atoms with Crippen LogP contribution in [0.4, 0.5) is 5.69 Å². The van der Waals surface area contributed by atoms with E-state index in [1.807, 2.05) is 25.1 Å². The minimum absolute atomic E-state index is 0.0433. The molecule has 1 aliphatic rings. The summed E-state index contributed by atoms with van der Waals surface area (Å²) in [6.45, 7) is 2.03. The van der Waals surface area contributed by atoms with Crippen molar-refractivity contribution in [2.24, 2.45) is 5.73 Å². The fourth-order valence-electron chi connectivity index (χ4n) is 2.59. The zero-order valence-electron chi connectivity index (χ0n) is 11.7. The highest BCUT2D eigenvalue weighted by molar-refractivity contribution is 5.94. The predicted octanol–water partition coefficient (Wildman–Crippen LogP) is 2.04. The highest BCUT2D eigenvalue weighted by Crippen LogP contribution is 2.23. The molecule has 19 heavy (non-hydrogen) atoms.